The predicted molar refractivity (Wildman–Crippen MR) is 170 cm³/mol. The van der Waals surface area contributed by atoms with Crippen molar-refractivity contribution < 1.29 is 27.5 Å². The number of amides is 1. The molecule has 1 saturated heterocycles. The Labute approximate surface area is 264 Å². The van der Waals surface area contributed by atoms with Crippen molar-refractivity contribution >= 4 is 27.6 Å². The first-order valence-electron chi connectivity index (χ1n) is 15.8. The van der Waals surface area contributed by atoms with E-state index in [4.69, 9.17) is 5.11 Å². The lowest BCUT2D eigenvalue weighted by Crippen LogP contribution is -2.53. The number of anilines is 1. The normalized spacial score (nSPS) is 19.4. The molecular formula is C35H40FN3O5S. The molecule has 2 aliphatic heterocycles. The van der Waals surface area contributed by atoms with Gasteiger partial charge in [-0.2, -0.15) is 0 Å². The maximum absolute atomic E-state index is 14.3. The summed E-state index contributed by atoms with van der Waals surface area (Å²) in [5.74, 6) is -1.31. The van der Waals surface area contributed by atoms with E-state index >= 15 is 0 Å². The van der Waals surface area contributed by atoms with Crippen molar-refractivity contribution in [3.05, 3.63) is 94.8 Å². The largest absolute Gasteiger partial charge is 0.481 e. The molecule has 1 aliphatic carbocycles. The lowest BCUT2D eigenvalue weighted by Gasteiger charge is -2.45. The number of nitrogens with zero attached hydrogens (tertiary/aromatic N) is 2. The van der Waals surface area contributed by atoms with Crippen molar-refractivity contribution in [1.82, 2.24) is 10.2 Å². The maximum Gasteiger partial charge on any atom is 0.303 e. The number of sulfonamides is 1. The van der Waals surface area contributed by atoms with E-state index in [2.05, 4.69) is 10.2 Å². The molecule has 1 amide bonds. The van der Waals surface area contributed by atoms with Gasteiger partial charge in [-0.25, -0.2) is 12.8 Å². The van der Waals surface area contributed by atoms with E-state index in [1.165, 1.54) is 24.3 Å². The molecule has 2 fully saturated rings. The molecule has 1 saturated carbocycles. The summed E-state index contributed by atoms with van der Waals surface area (Å²) >= 11 is 0. The molecule has 1 atom stereocenters. The summed E-state index contributed by atoms with van der Waals surface area (Å²) in [6, 6.07) is 18.0. The number of carboxylic acid groups (broad SMARTS) is 1. The fourth-order valence-corrected chi connectivity index (χ4v) is 9.09. The summed E-state index contributed by atoms with van der Waals surface area (Å²) in [6.07, 6.45) is 4.87. The van der Waals surface area contributed by atoms with Gasteiger partial charge < -0.3 is 15.3 Å². The Morgan fingerprint density at radius 3 is 2.38 bits per heavy atom. The van der Waals surface area contributed by atoms with E-state index in [0.29, 0.717) is 24.2 Å². The fraction of sp³-hybridized carbons (Fsp3) is 0.429. The second kappa shape index (κ2) is 12.6. The molecule has 8 nitrogen and oxygen atoms in total. The highest BCUT2D eigenvalue weighted by atomic mass is 32.2. The number of hydrogen-bond acceptors (Lipinski definition) is 5. The van der Waals surface area contributed by atoms with Gasteiger partial charge in [-0.1, -0.05) is 24.3 Å². The zero-order valence-corrected chi connectivity index (χ0v) is 26.4. The molecule has 3 aromatic rings. The summed E-state index contributed by atoms with van der Waals surface area (Å²) in [4.78, 5) is 26.8. The molecule has 0 bridgehead atoms. The van der Waals surface area contributed by atoms with E-state index < -0.39 is 27.2 Å². The number of carbonyl (C=O) groups excluding carboxylic acids is 1. The second-order valence-corrected chi connectivity index (χ2v) is 14.5. The first-order chi connectivity index (χ1) is 21.6. The standard InChI is InChI=1S/C35H40FN3O5S/c1-24-6-2-3-7-27(24)23-37-34(42)26-11-16-31-30(22-26)35(17-20-38(21-18-35)19-5-4-8-32(40)41)33(25-9-10-25)39(31)45(43,44)29-14-12-28(36)13-15-29/h2-3,6-7,11-16,22,25,33H,4-5,8-10,17-21,23H2,1H3,(H,37,42)(H,40,41). The van der Waals surface area contributed by atoms with Crippen LogP contribution in [0, 0.1) is 18.7 Å². The quantitative estimate of drug-likeness (QED) is 0.265. The van der Waals surface area contributed by atoms with Gasteiger partial charge in [-0.05, 0) is 130 Å². The van der Waals surface area contributed by atoms with Gasteiger partial charge in [0.15, 0.2) is 0 Å². The van der Waals surface area contributed by atoms with Gasteiger partial charge in [0.1, 0.15) is 5.82 Å². The van der Waals surface area contributed by atoms with Crippen LogP contribution < -0.4 is 9.62 Å². The third-order valence-corrected chi connectivity index (χ3v) is 11.7. The van der Waals surface area contributed by atoms with E-state index in [0.717, 1.165) is 68.4 Å². The number of fused-ring (bicyclic) bond motifs is 2. The highest BCUT2D eigenvalue weighted by molar-refractivity contribution is 7.92. The van der Waals surface area contributed by atoms with Crippen molar-refractivity contribution in [2.24, 2.45) is 5.92 Å². The first kappa shape index (κ1) is 31.2. The second-order valence-electron chi connectivity index (χ2n) is 12.7. The van der Waals surface area contributed by atoms with Crippen LogP contribution in [0.1, 0.15) is 72.0 Å². The van der Waals surface area contributed by atoms with Gasteiger partial charge in [-0.3, -0.25) is 13.9 Å². The molecule has 3 aromatic carbocycles. The van der Waals surface area contributed by atoms with E-state index in [9.17, 15) is 22.4 Å². The van der Waals surface area contributed by atoms with E-state index in [-0.39, 0.29) is 29.2 Å². The van der Waals surface area contributed by atoms with Crippen LogP contribution in [0.25, 0.3) is 0 Å². The van der Waals surface area contributed by atoms with E-state index in [1.54, 1.807) is 16.4 Å². The number of carbonyl (C=O) groups is 2. The molecule has 1 spiro atoms. The SMILES string of the molecule is Cc1ccccc1CNC(=O)c1ccc2c(c1)C1(CCN(CCCCC(=O)O)CC1)C(C1CC1)N2S(=O)(=O)c1ccc(F)cc1. The summed E-state index contributed by atoms with van der Waals surface area (Å²) in [7, 11) is -4.02. The zero-order valence-electron chi connectivity index (χ0n) is 25.5. The fourth-order valence-electron chi connectivity index (χ4n) is 7.29. The Kier molecular flexibility index (Phi) is 8.72. The number of likely N-dealkylation sites (tertiary alicyclic amines) is 1. The average molecular weight is 634 g/mol. The van der Waals surface area contributed by atoms with Gasteiger partial charge in [0.25, 0.3) is 15.9 Å². The van der Waals surface area contributed by atoms with Crippen molar-refractivity contribution in [3.63, 3.8) is 0 Å². The molecule has 45 heavy (non-hydrogen) atoms. The summed E-state index contributed by atoms with van der Waals surface area (Å²) < 4.78 is 44.1. The maximum atomic E-state index is 14.3. The molecule has 2 N–H and O–H groups in total. The van der Waals surface area contributed by atoms with Gasteiger partial charge in [0, 0.05) is 23.9 Å². The van der Waals surface area contributed by atoms with Crippen LogP contribution in [0.3, 0.4) is 0 Å². The molecule has 10 heteroatoms. The molecular weight excluding hydrogens is 593 g/mol. The third kappa shape index (κ3) is 6.22. The number of hydrogen-bond donors (Lipinski definition) is 2. The molecule has 2 heterocycles. The minimum absolute atomic E-state index is 0.0495. The van der Waals surface area contributed by atoms with Crippen molar-refractivity contribution in [1.29, 1.82) is 0 Å². The summed E-state index contributed by atoms with van der Waals surface area (Å²) in [5, 5.41) is 12.1. The van der Waals surface area contributed by atoms with Crippen LogP contribution in [-0.2, 0) is 26.8 Å². The molecule has 0 aromatic heterocycles. The highest BCUT2D eigenvalue weighted by Gasteiger charge is 2.60. The number of unbranched alkanes of at least 4 members (excludes halogenated alkanes) is 1. The van der Waals surface area contributed by atoms with Gasteiger partial charge >= 0.3 is 5.97 Å². The number of aryl methyl sites for hydroxylation is 1. The number of nitrogens with one attached hydrogen (secondary N) is 1. The lowest BCUT2D eigenvalue weighted by molar-refractivity contribution is -0.137. The molecule has 0 radical (unpaired) electrons. The number of carboxylic acids is 1. The number of benzene rings is 3. The van der Waals surface area contributed by atoms with Crippen molar-refractivity contribution in [2.45, 2.75) is 74.8 Å². The Balaban J connectivity index is 1.34. The van der Waals surface area contributed by atoms with Crippen LogP contribution in [0.15, 0.2) is 71.6 Å². The average Bonchev–Trinajstić information content (AvgIpc) is 3.83. The number of halogens is 1. The molecule has 6 rings (SSSR count). The molecule has 3 aliphatic rings. The minimum atomic E-state index is -4.02. The number of aliphatic carboxylic acids is 1. The van der Waals surface area contributed by atoms with Gasteiger partial charge in [0.2, 0.25) is 0 Å². The molecule has 1 unspecified atom stereocenters. The van der Waals surface area contributed by atoms with Crippen LogP contribution in [0.4, 0.5) is 10.1 Å². The minimum Gasteiger partial charge on any atom is -0.481 e. The topological polar surface area (TPSA) is 107 Å². The van der Waals surface area contributed by atoms with Crippen molar-refractivity contribution in [2.75, 3.05) is 23.9 Å². The predicted octanol–water partition coefficient (Wildman–Crippen LogP) is 5.64. The molecule has 238 valence electrons. The Hall–Kier alpha value is -3.76. The lowest BCUT2D eigenvalue weighted by atomic mass is 9.68. The number of rotatable bonds is 11. The van der Waals surface area contributed by atoms with Crippen LogP contribution in [0.5, 0.6) is 0 Å². The third-order valence-electron chi connectivity index (χ3n) is 9.85. The van der Waals surface area contributed by atoms with Crippen LogP contribution >= 0.6 is 0 Å². The Morgan fingerprint density at radius 1 is 1.00 bits per heavy atom. The monoisotopic (exact) mass is 633 g/mol. The summed E-state index contributed by atoms with van der Waals surface area (Å²) in [5.41, 5.74) is 3.63. The smallest absolute Gasteiger partial charge is 0.303 e. The van der Waals surface area contributed by atoms with E-state index in [1.807, 2.05) is 37.3 Å². The number of piperidine rings is 1. The Morgan fingerprint density at radius 2 is 1.71 bits per heavy atom. The first-order valence-corrected chi connectivity index (χ1v) is 17.3. The Bertz CT molecular complexity index is 1680. The van der Waals surface area contributed by atoms with Gasteiger partial charge in [-0.15, -0.1) is 0 Å². The van der Waals surface area contributed by atoms with Crippen LogP contribution in [0.2, 0.25) is 0 Å². The zero-order chi connectivity index (χ0) is 31.8. The summed E-state index contributed by atoms with van der Waals surface area (Å²) in [6.45, 7) is 4.70. The van der Waals surface area contributed by atoms with Crippen LogP contribution in [-0.4, -0.2) is 56.0 Å². The van der Waals surface area contributed by atoms with Crippen molar-refractivity contribution in [3.8, 4) is 0 Å². The highest BCUT2D eigenvalue weighted by Crippen LogP contribution is 2.59. The van der Waals surface area contributed by atoms with Gasteiger partial charge in [0.05, 0.1) is 16.6 Å².